The number of H-pyrrole nitrogens is 1. The monoisotopic (exact) mass is 247 g/mol. The number of nitro groups is 1. The fourth-order valence-corrected chi connectivity index (χ4v) is 1.62. The van der Waals surface area contributed by atoms with Crippen LogP contribution < -0.4 is 5.32 Å². The molecule has 0 bridgehead atoms. The minimum atomic E-state index is -0.444. The van der Waals surface area contributed by atoms with Crippen molar-refractivity contribution in [2.75, 3.05) is 5.32 Å². The Morgan fingerprint density at radius 2 is 2.33 bits per heavy atom. The highest BCUT2D eigenvalue weighted by atomic mass is 16.6. The topological polar surface area (TPSA) is 96.7 Å². The average molecular weight is 247 g/mol. The molecule has 0 amide bonds. The summed E-state index contributed by atoms with van der Waals surface area (Å²) in [6.07, 6.45) is 5.61. The van der Waals surface area contributed by atoms with Crippen molar-refractivity contribution in [3.63, 3.8) is 0 Å². The Morgan fingerprint density at radius 3 is 2.94 bits per heavy atom. The summed E-state index contributed by atoms with van der Waals surface area (Å²) in [7, 11) is 0. The fraction of sp³-hybridized carbons (Fsp3) is 0.273. The zero-order valence-corrected chi connectivity index (χ0v) is 9.83. The molecule has 18 heavy (non-hydrogen) atoms. The SMILES string of the molecule is CCC(Nc1cc([N+](=O)[O-])ccn1)c1ncc[nH]1. The molecule has 2 rings (SSSR count). The van der Waals surface area contributed by atoms with Crippen LogP contribution >= 0.6 is 0 Å². The molecule has 2 N–H and O–H groups in total. The second kappa shape index (κ2) is 5.26. The van der Waals surface area contributed by atoms with E-state index >= 15 is 0 Å². The number of pyridine rings is 1. The molecule has 2 aromatic rings. The highest BCUT2D eigenvalue weighted by molar-refractivity contribution is 5.45. The van der Waals surface area contributed by atoms with Crippen LogP contribution in [-0.2, 0) is 0 Å². The standard InChI is InChI=1S/C11H13N5O2/c1-2-9(11-13-5-6-14-11)15-10-7-8(16(17)18)3-4-12-10/h3-7,9H,2H2,1H3,(H,12,15)(H,13,14). The zero-order chi connectivity index (χ0) is 13.0. The van der Waals surface area contributed by atoms with E-state index < -0.39 is 4.92 Å². The Bertz CT molecular complexity index is 526. The molecule has 0 aliphatic carbocycles. The van der Waals surface area contributed by atoms with Crippen LogP contribution in [0.4, 0.5) is 11.5 Å². The molecular weight excluding hydrogens is 234 g/mol. The summed E-state index contributed by atoms with van der Waals surface area (Å²) in [5, 5.41) is 13.8. The molecule has 0 aromatic carbocycles. The van der Waals surface area contributed by atoms with Gasteiger partial charge in [-0.05, 0) is 6.42 Å². The van der Waals surface area contributed by atoms with Gasteiger partial charge in [-0.2, -0.15) is 0 Å². The number of rotatable bonds is 5. The molecule has 0 aliphatic heterocycles. The maximum Gasteiger partial charge on any atom is 0.274 e. The van der Waals surface area contributed by atoms with E-state index in [0.717, 1.165) is 12.2 Å². The van der Waals surface area contributed by atoms with Crippen molar-refractivity contribution in [1.29, 1.82) is 0 Å². The van der Waals surface area contributed by atoms with Crippen LogP contribution in [0.3, 0.4) is 0 Å². The van der Waals surface area contributed by atoms with Gasteiger partial charge in [0.2, 0.25) is 0 Å². The van der Waals surface area contributed by atoms with Crippen LogP contribution in [0.5, 0.6) is 0 Å². The quantitative estimate of drug-likeness (QED) is 0.624. The molecule has 2 heterocycles. The van der Waals surface area contributed by atoms with Crippen LogP contribution in [0.25, 0.3) is 0 Å². The fourth-order valence-electron chi connectivity index (χ4n) is 1.62. The second-order valence-electron chi connectivity index (χ2n) is 3.74. The van der Waals surface area contributed by atoms with Crippen molar-refractivity contribution in [2.24, 2.45) is 0 Å². The molecule has 1 atom stereocenters. The molecule has 94 valence electrons. The summed E-state index contributed by atoms with van der Waals surface area (Å²) in [5.41, 5.74) is 0.0156. The van der Waals surface area contributed by atoms with E-state index in [1.54, 1.807) is 12.4 Å². The van der Waals surface area contributed by atoms with Gasteiger partial charge in [0.25, 0.3) is 5.69 Å². The number of anilines is 1. The molecule has 1 unspecified atom stereocenters. The largest absolute Gasteiger partial charge is 0.360 e. The molecule has 0 fully saturated rings. The van der Waals surface area contributed by atoms with Gasteiger partial charge < -0.3 is 10.3 Å². The maximum atomic E-state index is 10.7. The van der Waals surface area contributed by atoms with E-state index in [4.69, 9.17) is 0 Å². The molecule has 0 saturated heterocycles. The highest BCUT2D eigenvalue weighted by Crippen LogP contribution is 2.21. The van der Waals surface area contributed by atoms with Crippen LogP contribution in [0.2, 0.25) is 0 Å². The van der Waals surface area contributed by atoms with Crippen LogP contribution in [0.15, 0.2) is 30.7 Å². The lowest BCUT2D eigenvalue weighted by molar-refractivity contribution is -0.384. The lowest BCUT2D eigenvalue weighted by Gasteiger charge is -2.14. The second-order valence-corrected chi connectivity index (χ2v) is 3.74. The first-order valence-corrected chi connectivity index (χ1v) is 5.57. The number of aromatic nitrogens is 3. The molecule has 0 saturated carbocycles. The van der Waals surface area contributed by atoms with Crippen molar-refractivity contribution in [3.8, 4) is 0 Å². The molecule has 2 aromatic heterocycles. The summed E-state index contributed by atoms with van der Waals surface area (Å²) in [6, 6.07) is 2.72. The summed E-state index contributed by atoms with van der Waals surface area (Å²) in [5.74, 6) is 1.25. The Balaban J connectivity index is 2.17. The third-order valence-corrected chi connectivity index (χ3v) is 2.53. The molecular formula is C11H13N5O2. The van der Waals surface area contributed by atoms with E-state index in [9.17, 15) is 10.1 Å². The van der Waals surface area contributed by atoms with Gasteiger partial charge in [-0.3, -0.25) is 10.1 Å². The Labute approximate surface area is 103 Å². The predicted octanol–water partition coefficient (Wildman–Crippen LogP) is 2.28. The van der Waals surface area contributed by atoms with Crippen molar-refractivity contribution in [1.82, 2.24) is 15.0 Å². The summed E-state index contributed by atoms with van der Waals surface area (Å²) in [4.78, 5) is 21.5. The molecule has 0 radical (unpaired) electrons. The normalized spacial score (nSPS) is 12.1. The average Bonchev–Trinajstić information content (AvgIpc) is 2.90. The molecule has 0 spiro atoms. The van der Waals surface area contributed by atoms with E-state index in [0.29, 0.717) is 5.82 Å². The van der Waals surface area contributed by atoms with Crippen LogP contribution in [0.1, 0.15) is 25.2 Å². The van der Waals surface area contributed by atoms with Gasteiger partial charge in [0.15, 0.2) is 0 Å². The van der Waals surface area contributed by atoms with Gasteiger partial charge in [-0.1, -0.05) is 6.92 Å². The van der Waals surface area contributed by atoms with E-state index in [-0.39, 0.29) is 11.7 Å². The van der Waals surface area contributed by atoms with Crippen molar-refractivity contribution >= 4 is 11.5 Å². The van der Waals surface area contributed by atoms with Gasteiger partial charge in [-0.15, -0.1) is 0 Å². The summed E-state index contributed by atoms with van der Waals surface area (Å²) >= 11 is 0. The lowest BCUT2D eigenvalue weighted by atomic mass is 10.2. The van der Waals surface area contributed by atoms with Crippen LogP contribution in [0, 0.1) is 10.1 Å². The maximum absolute atomic E-state index is 10.7. The summed E-state index contributed by atoms with van der Waals surface area (Å²) < 4.78 is 0. The first kappa shape index (κ1) is 12.0. The van der Waals surface area contributed by atoms with Crippen molar-refractivity contribution in [2.45, 2.75) is 19.4 Å². The zero-order valence-electron chi connectivity index (χ0n) is 9.83. The van der Waals surface area contributed by atoms with Gasteiger partial charge in [0, 0.05) is 24.7 Å². The predicted molar refractivity (Wildman–Crippen MR) is 66.1 cm³/mol. The molecule has 7 heteroatoms. The van der Waals surface area contributed by atoms with E-state index in [1.807, 2.05) is 6.92 Å². The third-order valence-electron chi connectivity index (χ3n) is 2.53. The highest BCUT2D eigenvalue weighted by Gasteiger charge is 2.13. The Kier molecular flexibility index (Phi) is 3.52. The van der Waals surface area contributed by atoms with Crippen LogP contribution in [-0.4, -0.2) is 19.9 Å². The van der Waals surface area contributed by atoms with Crippen molar-refractivity contribution < 1.29 is 4.92 Å². The minimum absolute atomic E-state index is 0.0156. The number of aromatic amines is 1. The smallest absolute Gasteiger partial charge is 0.274 e. The number of imidazole rings is 1. The Hall–Kier alpha value is -2.44. The number of nitrogens with one attached hydrogen (secondary N) is 2. The van der Waals surface area contributed by atoms with E-state index in [2.05, 4.69) is 20.3 Å². The molecule has 7 nitrogen and oxygen atoms in total. The van der Waals surface area contributed by atoms with Gasteiger partial charge >= 0.3 is 0 Å². The van der Waals surface area contributed by atoms with E-state index in [1.165, 1.54) is 18.3 Å². The number of hydrogen-bond acceptors (Lipinski definition) is 5. The van der Waals surface area contributed by atoms with Gasteiger partial charge in [0.05, 0.1) is 17.0 Å². The minimum Gasteiger partial charge on any atom is -0.360 e. The Morgan fingerprint density at radius 1 is 1.50 bits per heavy atom. The lowest BCUT2D eigenvalue weighted by Crippen LogP contribution is -2.12. The first-order valence-electron chi connectivity index (χ1n) is 5.57. The number of hydrogen-bond donors (Lipinski definition) is 2. The summed E-state index contributed by atoms with van der Waals surface area (Å²) in [6.45, 7) is 2.00. The number of nitrogens with zero attached hydrogens (tertiary/aromatic N) is 3. The van der Waals surface area contributed by atoms with Crippen molar-refractivity contribution in [3.05, 3.63) is 46.7 Å². The van der Waals surface area contributed by atoms with Gasteiger partial charge in [0.1, 0.15) is 11.6 Å². The first-order chi connectivity index (χ1) is 8.70. The molecule has 0 aliphatic rings. The van der Waals surface area contributed by atoms with Gasteiger partial charge in [-0.25, -0.2) is 9.97 Å². The third kappa shape index (κ3) is 2.62.